The highest BCUT2D eigenvalue weighted by atomic mass is 14.9. The van der Waals surface area contributed by atoms with Crippen LogP contribution in [0.4, 0.5) is 5.69 Å². The molecule has 66 heavy (non-hydrogen) atoms. The van der Waals surface area contributed by atoms with Crippen molar-refractivity contribution in [2.24, 2.45) is 0 Å². The van der Waals surface area contributed by atoms with Crippen LogP contribution in [-0.4, -0.2) is 11.5 Å². The second-order valence-corrected chi connectivity index (χ2v) is 17.4. The van der Waals surface area contributed by atoms with Crippen molar-refractivity contribution in [3.05, 3.63) is 215 Å². The van der Waals surface area contributed by atoms with Crippen molar-refractivity contribution in [1.29, 1.82) is 0 Å². The Kier molecular flexibility index (Phi) is 11.7. The highest BCUT2D eigenvalue weighted by Gasteiger charge is 2.27. The lowest BCUT2D eigenvalue weighted by Crippen LogP contribution is -2.09. The lowest BCUT2D eigenvalue weighted by Gasteiger charge is -2.22. The van der Waals surface area contributed by atoms with Crippen LogP contribution in [0.2, 0.25) is 0 Å². The zero-order valence-corrected chi connectivity index (χ0v) is 38.9. The van der Waals surface area contributed by atoms with E-state index < -0.39 is 0 Å². The summed E-state index contributed by atoms with van der Waals surface area (Å²) in [5.41, 5.74) is 26.3. The molecular formula is C64H56N2. The Morgan fingerprint density at radius 2 is 1.44 bits per heavy atom. The van der Waals surface area contributed by atoms with E-state index in [9.17, 15) is 0 Å². The molecule has 0 spiro atoms. The fraction of sp³-hybridized carbons (Fsp3) is 0.172. The summed E-state index contributed by atoms with van der Waals surface area (Å²) in [6, 6.07) is 43.1. The average Bonchev–Trinajstić information content (AvgIpc) is 3.81. The van der Waals surface area contributed by atoms with Gasteiger partial charge in [-0.3, -0.25) is 4.98 Å². The van der Waals surface area contributed by atoms with Crippen molar-refractivity contribution in [3.8, 4) is 34.1 Å². The van der Waals surface area contributed by atoms with Crippen molar-refractivity contribution in [1.82, 2.24) is 4.98 Å². The number of pyridine rings is 1. The summed E-state index contributed by atoms with van der Waals surface area (Å²) in [7, 11) is 0. The Bertz CT molecular complexity index is 3380. The van der Waals surface area contributed by atoms with Crippen LogP contribution >= 0.6 is 0 Å². The lowest BCUT2D eigenvalue weighted by atomic mass is 9.84. The van der Waals surface area contributed by atoms with Gasteiger partial charge < -0.3 is 5.32 Å². The van der Waals surface area contributed by atoms with Crippen molar-refractivity contribution in [2.45, 2.75) is 66.7 Å². The molecule has 1 aromatic heterocycles. The predicted molar refractivity (Wildman–Crippen MR) is 286 cm³/mol. The standard InChI is InChI=1S/C62H50N2.C2H6/c1-5-7-9-19-50-46(6-2)56-33-32-53(55-23-14-22-54(50)60(55)56)59-38-45(41-24-26-43(27-25-41)49-34-36-64-62-57(49)31-29-44-17-15-35-63-61(44)62)37-58(40(59)4)42-16-10-8-11-18-47-39(3)48(30-28-42)52-21-13-12-20-51(47)52;1-2/h9,12-15,17-35,37-38,64H,3,6,8,10-11,16,36H2,1-2,4H3;1-2H3/b19-9-,42-28+,47-18+,48-30+;. The first-order valence-corrected chi connectivity index (χ1v) is 23.9. The van der Waals surface area contributed by atoms with E-state index in [4.69, 9.17) is 4.98 Å². The number of anilines is 1. The van der Waals surface area contributed by atoms with Crippen LogP contribution in [0.1, 0.15) is 104 Å². The van der Waals surface area contributed by atoms with E-state index in [1.54, 1.807) is 0 Å². The molecule has 3 aliphatic carbocycles. The van der Waals surface area contributed by atoms with Crippen LogP contribution in [0.3, 0.4) is 0 Å². The topological polar surface area (TPSA) is 24.9 Å². The first kappa shape index (κ1) is 42.5. The molecule has 0 amide bonds. The molecule has 1 N–H and O–H groups in total. The van der Waals surface area contributed by atoms with Crippen LogP contribution in [0, 0.1) is 18.8 Å². The molecule has 7 aromatic rings. The van der Waals surface area contributed by atoms with Gasteiger partial charge in [0.25, 0.3) is 0 Å². The minimum atomic E-state index is 0.764. The van der Waals surface area contributed by atoms with E-state index in [2.05, 4.69) is 177 Å². The highest BCUT2D eigenvalue weighted by molar-refractivity contribution is 6.19. The number of fused-ring (bicyclic) bond motifs is 8. The van der Waals surface area contributed by atoms with Gasteiger partial charge in [0.2, 0.25) is 0 Å². The van der Waals surface area contributed by atoms with Gasteiger partial charge in [0.15, 0.2) is 0 Å². The maximum atomic E-state index is 4.76. The Hall–Kier alpha value is -7.47. The lowest BCUT2D eigenvalue weighted by molar-refractivity contribution is 0.770. The molecule has 2 bridgehead atoms. The number of nitrogens with zero attached hydrogens (tertiary/aromatic N) is 1. The Morgan fingerprint density at radius 3 is 2.26 bits per heavy atom. The van der Waals surface area contributed by atoms with Crippen LogP contribution in [0.5, 0.6) is 0 Å². The Balaban J connectivity index is 0.00000252. The van der Waals surface area contributed by atoms with Gasteiger partial charge in [-0.1, -0.05) is 155 Å². The summed E-state index contributed by atoms with van der Waals surface area (Å²) in [5, 5.41) is 7.40. The summed E-state index contributed by atoms with van der Waals surface area (Å²) in [4.78, 5) is 4.76. The van der Waals surface area contributed by atoms with E-state index in [0.717, 1.165) is 60.8 Å². The molecule has 2 heteroatoms. The third-order valence-electron chi connectivity index (χ3n) is 13.9. The first-order chi connectivity index (χ1) is 32.5. The van der Waals surface area contributed by atoms with Crippen LogP contribution in [0.25, 0.3) is 77.4 Å². The Morgan fingerprint density at radius 1 is 0.682 bits per heavy atom. The molecule has 0 atom stereocenters. The van der Waals surface area contributed by atoms with Gasteiger partial charge in [0.1, 0.15) is 0 Å². The SMILES string of the molecule is C=C1/C2=C\C=C(\c3cc(-c4ccc(C5=CCNc6c5ccc5cccnc65)cc4)cc(-c4ccc5c6c(cccc46)C(/C=C\C#CC)=C5CC)c3C)CCCC/C=C\1c1ccccc12.CC. The fourth-order valence-corrected chi connectivity index (χ4v) is 10.8. The third kappa shape index (κ3) is 7.30. The zero-order valence-electron chi connectivity index (χ0n) is 38.9. The molecule has 11 rings (SSSR count). The minimum absolute atomic E-state index is 0.764. The summed E-state index contributed by atoms with van der Waals surface area (Å²) < 4.78 is 0. The van der Waals surface area contributed by atoms with Gasteiger partial charge in [-0.25, -0.2) is 0 Å². The summed E-state index contributed by atoms with van der Waals surface area (Å²) in [6.45, 7) is 15.9. The smallest absolute Gasteiger partial charge is 0.0939 e. The monoisotopic (exact) mass is 852 g/mol. The van der Waals surface area contributed by atoms with Gasteiger partial charge in [-0.15, -0.1) is 5.92 Å². The number of nitrogens with one attached hydrogen (secondary N) is 1. The molecule has 0 saturated heterocycles. The minimum Gasteiger partial charge on any atom is -0.379 e. The van der Waals surface area contributed by atoms with Crippen LogP contribution in [-0.2, 0) is 0 Å². The summed E-state index contributed by atoms with van der Waals surface area (Å²) >= 11 is 0. The summed E-state index contributed by atoms with van der Waals surface area (Å²) in [6.07, 6.45) is 20.8. The Labute approximate surface area is 391 Å². The molecule has 2 nitrogen and oxygen atoms in total. The highest BCUT2D eigenvalue weighted by Crippen LogP contribution is 2.49. The predicted octanol–water partition coefficient (Wildman–Crippen LogP) is 17.1. The quantitative estimate of drug-likeness (QED) is 0.169. The molecule has 2 heterocycles. The third-order valence-corrected chi connectivity index (χ3v) is 13.9. The second-order valence-electron chi connectivity index (χ2n) is 17.4. The second kappa shape index (κ2) is 18.2. The molecule has 1 aliphatic heterocycles. The normalized spacial score (nSPS) is 17.4. The number of rotatable bonds is 6. The van der Waals surface area contributed by atoms with Gasteiger partial charge in [0, 0.05) is 23.7 Å². The van der Waals surface area contributed by atoms with E-state index in [0.29, 0.717) is 0 Å². The maximum absolute atomic E-state index is 4.76. The van der Waals surface area contributed by atoms with Crippen LogP contribution in [0.15, 0.2) is 170 Å². The largest absolute Gasteiger partial charge is 0.379 e. The van der Waals surface area contributed by atoms with Crippen molar-refractivity contribution in [3.63, 3.8) is 0 Å². The number of aromatic nitrogens is 1. The summed E-state index contributed by atoms with van der Waals surface area (Å²) in [5.74, 6) is 6.20. The molecule has 0 radical (unpaired) electrons. The van der Waals surface area contributed by atoms with Crippen molar-refractivity contribution >= 4 is 60.8 Å². The van der Waals surface area contributed by atoms with Gasteiger partial charge >= 0.3 is 0 Å². The number of hydrogen-bond acceptors (Lipinski definition) is 2. The van der Waals surface area contributed by atoms with Crippen molar-refractivity contribution in [2.75, 3.05) is 11.9 Å². The van der Waals surface area contributed by atoms with E-state index >= 15 is 0 Å². The number of benzene rings is 6. The van der Waals surface area contributed by atoms with Gasteiger partial charge in [-0.2, -0.15) is 0 Å². The van der Waals surface area contributed by atoms with E-state index in [-0.39, 0.29) is 0 Å². The van der Waals surface area contributed by atoms with Gasteiger partial charge in [0.05, 0.1) is 11.2 Å². The fourth-order valence-electron chi connectivity index (χ4n) is 10.8. The van der Waals surface area contributed by atoms with E-state index in [1.165, 1.54) is 111 Å². The van der Waals surface area contributed by atoms with E-state index in [1.807, 2.05) is 39.1 Å². The average molecular weight is 853 g/mol. The molecule has 6 aromatic carbocycles. The molecule has 0 saturated carbocycles. The zero-order chi connectivity index (χ0) is 45.3. The molecule has 4 aliphatic rings. The molecule has 0 fully saturated rings. The number of allylic oxidation sites excluding steroid dienone is 11. The number of hydrogen-bond donors (Lipinski definition) is 1. The van der Waals surface area contributed by atoms with Crippen LogP contribution < -0.4 is 5.32 Å². The van der Waals surface area contributed by atoms with Gasteiger partial charge in [-0.05, 0) is 187 Å². The molecule has 0 unspecified atom stereocenters. The maximum Gasteiger partial charge on any atom is 0.0939 e. The molecular weight excluding hydrogens is 797 g/mol. The first-order valence-electron chi connectivity index (χ1n) is 23.9. The van der Waals surface area contributed by atoms with Crippen molar-refractivity contribution < 1.29 is 0 Å². The molecule has 322 valence electrons.